The van der Waals surface area contributed by atoms with Crippen molar-refractivity contribution in [2.75, 3.05) is 0 Å². The number of fused-ring (bicyclic) bond motifs is 3. The fourth-order valence-corrected chi connectivity index (χ4v) is 3.61. The van der Waals surface area contributed by atoms with Crippen molar-refractivity contribution in [2.45, 2.75) is 25.7 Å². The van der Waals surface area contributed by atoms with Crippen molar-refractivity contribution in [1.82, 2.24) is 0 Å². The Hall–Kier alpha value is -2.95. The Morgan fingerprint density at radius 1 is 1.12 bits per heavy atom. The van der Waals surface area contributed by atoms with Crippen molar-refractivity contribution >= 4 is 5.90 Å². The van der Waals surface area contributed by atoms with E-state index in [2.05, 4.69) is 0 Å². The third-order valence-electron chi connectivity index (χ3n) is 5.17. The summed E-state index contributed by atoms with van der Waals surface area (Å²) in [5.74, 6) is -3.14. The van der Waals surface area contributed by atoms with Crippen molar-refractivity contribution in [1.29, 1.82) is 21.2 Å². The van der Waals surface area contributed by atoms with Crippen LogP contribution >= 0.6 is 0 Å². The van der Waals surface area contributed by atoms with Crippen molar-refractivity contribution in [3.63, 3.8) is 0 Å². The molecule has 1 aromatic rings. The fraction of sp³-hybridized carbons (Fsp3) is 0.412. The van der Waals surface area contributed by atoms with Crippen molar-refractivity contribution < 1.29 is 13.9 Å². The van der Waals surface area contributed by atoms with Crippen LogP contribution < -0.4 is 0 Å². The van der Waals surface area contributed by atoms with Gasteiger partial charge < -0.3 is 9.47 Å². The molecular formula is C17H13FN4O2. The number of nitrogens with one attached hydrogen (secondary N) is 1. The van der Waals surface area contributed by atoms with Crippen molar-refractivity contribution in [3.05, 3.63) is 35.6 Å². The highest BCUT2D eigenvalue weighted by Gasteiger charge is 2.77. The van der Waals surface area contributed by atoms with Gasteiger partial charge in [0, 0.05) is 6.92 Å². The number of nitrogens with zero attached hydrogens (tertiary/aromatic N) is 3. The Balaban J connectivity index is 2.32. The second kappa shape index (κ2) is 4.77. The minimum Gasteiger partial charge on any atom is -0.448 e. The molecular weight excluding hydrogens is 311 g/mol. The monoisotopic (exact) mass is 324 g/mol. The lowest BCUT2D eigenvalue weighted by atomic mass is 9.51. The minimum absolute atomic E-state index is 0.402. The molecule has 0 amide bonds. The van der Waals surface area contributed by atoms with E-state index in [4.69, 9.17) is 14.9 Å². The van der Waals surface area contributed by atoms with Crippen molar-refractivity contribution in [3.8, 4) is 18.2 Å². The largest absolute Gasteiger partial charge is 0.448 e. The summed E-state index contributed by atoms with van der Waals surface area (Å²) in [6, 6.07) is 11.1. The minimum atomic E-state index is -1.94. The number of halogens is 1. The molecule has 0 aliphatic carbocycles. The van der Waals surface area contributed by atoms with Crippen LogP contribution in [0.15, 0.2) is 24.3 Å². The van der Waals surface area contributed by atoms with E-state index in [1.54, 1.807) is 6.92 Å². The molecule has 6 nitrogen and oxygen atoms in total. The molecule has 0 spiro atoms. The zero-order valence-corrected chi connectivity index (χ0v) is 13.0. The van der Waals surface area contributed by atoms with E-state index in [1.807, 2.05) is 18.2 Å². The highest BCUT2D eigenvalue weighted by atomic mass is 19.1. The molecule has 3 aliphatic rings. The van der Waals surface area contributed by atoms with Gasteiger partial charge in [0.05, 0.1) is 24.1 Å². The van der Waals surface area contributed by atoms with Gasteiger partial charge in [0.25, 0.3) is 0 Å². The highest BCUT2D eigenvalue weighted by Crippen LogP contribution is 2.66. The Labute approximate surface area is 138 Å². The Bertz CT molecular complexity index is 833. The zero-order valence-electron chi connectivity index (χ0n) is 13.0. The first-order chi connectivity index (χ1) is 11.3. The van der Waals surface area contributed by atoms with E-state index in [1.165, 1.54) is 31.2 Å². The van der Waals surface area contributed by atoms with E-state index in [9.17, 15) is 20.2 Å². The molecule has 4 atom stereocenters. The van der Waals surface area contributed by atoms with Gasteiger partial charge in [-0.05, 0) is 17.7 Å². The lowest BCUT2D eigenvalue weighted by molar-refractivity contribution is -0.338. The molecule has 3 saturated heterocycles. The first kappa shape index (κ1) is 15.9. The fourth-order valence-electron chi connectivity index (χ4n) is 3.61. The van der Waals surface area contributed by atoms with Crippen LogP contribution in [0.2, 0.25) is 0 Å². The molecule has 0 aromatic heterocycles. The molecule has 4 rings (SSSR count). The second-order valence-electron chi connectivity index (χ2n) is 6.17. The first-order valence-corrected chi connectivity index (χ1v) is 7.26. The highest BCUT2D eigenvalue weighted by molar-refractivity contribution is 5.88. The predicted molar refractivity (Wildman–Crippen MR) is 78.3 cm³/mol. The molecule has 7 heteroatoms. The third-order valence-corrected chi connectivity index (χ3v) is 5.17. The number of hydrogen-bond acceptors (Lipinski definition) is 6. The molecule has 0 radical (unpaired) electrons. The summed E-state index contributed by atoms with van der Waals surface area (Å²) in [6.07, 6.45) is -1.09. The Morgan fingerprint density at radius 3 is 2.21 bits per heavy atom. The number of rotatable bonds is 1. The Kier molecular flexibility index (Phi) is 3.17. The maximum atomic E-state index is 13.2. The quantitative estimate of drug-likeness (QED) is 0.853. The van der Waals surface area contributed by atoms with E-state index >= 15 is 0 Å². The summed E-state index contributed by atoms with van der Waals surface area (Å²) in [7, 11) is 0. The predicted octanol–water partition coefficient (Wildman–Crippen LogP) is 2.80. The SMILES string of the molecule is C[C@@H]1C(C#N)(C#N)[C@@]2(C#N)C(=N)O[C@@]1(C)O[C@@H]2c1ccc(F)cc1. The van der Waals surface area contributed by atoms with Crippen LogP contribution in [-0.4, -0.2) is 11.7 Å². The number of nitriles is 3. The number of ether oxygens (including phenoxy) is 2. The van der Waals surface area contributed by atoms with Crippen LogP contribution in [0.25, 0.3) is 0 Å². The average molecular weight is 324 g/mol. The van der Waals surface area contributed by atoms with E-state index < -0.39 is 40.4 Å². The number of hydrogen-bond donors (Lipinski definition) is 1. The lowest BCUT2D eigenvalue weighted by Gasteiger charge is -2.60. The molecule has 3 fully saturated rings. The first-order valence-electron chi connectivity index (χ1n) is 7.26. The normalized spacial score (nSPS) is 36.1. The van der Waals surface area contributed by atoms with Gasteiger partial charge in [0.15, 0.2) is 10.8 Å². The molecule has 1 N–H and O–H groups in total. The van der Waals surface area contributed by atoms with Crippen LogP contribution in [0.5, 0.6) is 0 Å². The Morgan fingerprint density at radius 2 is 1.71 bits per heavy atom. The van der Waals surface area contributed by atoms with Crippen LogP contribution in [0.1, 0.15) is 25.5 Å². The average Bonchev–Trinajstić information content (AvgIpc) is 2.57. The van der Waals surface area contributed by atoms with E-state index in [-0.39, 0.29) is 0 Å². The molecule has 3 heterocycles. The van der Waals surface area contributed by atoms with Gasteiger partial charge in [-0.2, -0.15) is 15.8 Å². The van der Waals surface area contributed by atoms with Crippen LogP contribution in [0.4, 0.5) is 4.39 Å². The third kappa shape index (κ3) is 1.56. The van der Waals surface area contributed by atoms with Gasteiger partial charge in [-0.3, -0.25) is 5.41 Å². The molecule has 2 bridgehead atoms. The summed E-state index contributed by atoms with van der Waals surface area (Å²) >= 11 is 0. The van der Waals surface area contributed by atoms with Gasteiger partial charge in [0.2, 0.25) is 11.7 Å². The zero-order chi connectivity index (χ0) is 17.8. The number of benzene rings is 1. The summed E-state index contributed by atoms with van der Waals surface area (Å²) < 4.78 is 24.6. The lowest BCUT2D eigenvalue weighted by Crippen LogP contribution is -2.71. The van der Waals surface area contributed by atoms with Gasteiger partial charge in [0.1, 0.15) is 11.9 Å². The van der Waals surface area contributed by atoms with Gasteiger partial charge >= 0.3 is 0 Å². The maximum absolute atomic E-state index is 13.2. The summed E-state index contributed by atoms with van der Waals surface area (Å²) in [4.78, 5) is 0. The molecule has 0 unspecified atom stereocenters. The van der Waals surface area contributed by atoms with Gasteiger partial charge in [-0.1, -0.05) is 19.1 Å². The van der Waals surface area contributed by atoms with Crippen LogP contribution in [0.3, 0.4) is 0 Å². The molecule has 3 aliphatic heterocycles. The molecule has 24 heavy (non-hydrogen) atoms. The van der Waals surface area contributed by atoms with Crippen molar-refractivity contribution in [2.24, 2.45) is 16.7 Å². The smallest absolute Gasteiger partial charge is 0.215 e. The van der Waals surface area contributed by atoms with Crippen LogP contribution in [-0.2, 0) is 9.47 Å². The van der Waals surface area contributed by atoms with E-state index in [0.29, 0.717) is 5.56 Å². The summed E-state index contributed by atoms with van der Waals surface area (Å²) in [6.45, 7) is 3.12. The molecule has 1 aromatic carbocycles. The van der Waals surface area contributed by atoms with Crippen LogP contribution in [0, 0.1) is 62.0 Å². The molecule has 0 saturated carbocycles. The van der Waals surface area contributed by atoms with E-state index in [0.717, 1.165) is 0 Å². The van der Waals surface area contributed by atoms with Gasteiger partial charge in [-0.25, -0.2) is 4.39 Å². The standard InChI is InChI=1S/C17H13FN4O2/c1-10-15(2)23-13(11-3-5-12(18)6-4-11)17(9-21,14(22)24-15)16(10,7-19)8-20/h3-6,10,13,22H,1-2H3/t10-,13+,15+,17+/m0/s1. The molecule has 120 valence electrons. The summed E-state index contributed by atoms with van der Waals surface area (Å²) in [5.41, 5.74) is -3.37. The van der Waals surface area contributed by atoms with Gasteiger partial charge in [-0.15, -0.1) is 0 Å². The topological polar surface area (TPSA) is 114 Å². The second-order valence-corrected chi connectivity index (χ2v) is 6.17. The summed E-state index contributed by atoms with van der Waals surface area (Å²) in [5, 5.41) is 37.7. The maximum Gasteiger partial charge on any atom is 0.215 e.